The van der Waals surface area contributed by atoms with Crippen molar-refractivity contribution in [3.8, 4) is 11.5 Å². The van der Waals surface area contributed by atoms with Crippen LogP contribution in [0.4, 0.5) is 0 Å². The van der Waals surface area contributed by atoms with E-state index in [9.17, 15) is 4.79 Å². The molecule has 1 unspecified atom stereocenters. The molecule has 6 rings (SSSR count). The summed E-state index contributed by atoms with van der Waals surface area (Å²) in [6, 6.07) is 30.1. The first-order valence-electron chi connectivity index (χ1n) is 12.3. The second-order valence-corrected chi connectivity index (χ2v) is 10.1. The summed E-state index contributed by atoms with van der Waals surface area (Å²) in [6.45, 7) is 2.57. The van der Waals surface area contributed by atoms with Gasteiger partial charge in [-0.2, -0.15) is 4.52 Å². The lowest BCUT2D eigenvalue weighted by Crippen LogP contribution is -2.24. The third-order valence-electron chi connectivity index (χ3n) is 6.58. The van der Waals surface area contributed by atoms with Crippen LogP contribution in [0.5, 0.6) is 11.5 Å². The number of aromatic nitrogens is 3. The minimum atomic E-state index is -0.161. The number of nitrogens with zero attached hydrogens (tertiary/aromatic N) is 3. The molecule has 6 aromatic rings. The van der Waals surface area contributed by atoms with Crippen molar-refractivity contribution in [3.63, 3.8) is 0 Å². The van der Waals surface area contributed by atoms with Crippen molar-refractivity contribution >= 4 is 33.1 Å². The Bertz CT molecular complexity index is 1840. The number of ether oxygens (including phenoxy) is 2. The fourth-order valence-corrected chi connectivity index (χ4v) is 5.29. The largest absolute Gasteiger partial charge is 0.497 e. The van der Waals surface area contributed by atoms with E-state index in [4.69, 9.17) is 14.5 Å². The van der Waals surface area contributed by atoms with Gasteiger partial charge in [0.15, 0.2) is 5.82 Å². The lowest BCUT2D eigenvalue weighted by molar-refractivity contribution is 0.306. The summed E-state index contributed by atoms with van der Waals surface area (Å²) in [4.78, 5) is 18.4. The van der Waals surface area contributed by atoms with Crippen molar-refractivity contribution in [2.24, 2.45) is 0 Å². The van der Waals surface area contributed by atoms with Crippen molar-refractivity contribution in [2.75, 3.05) is 7.11 Å². The fraction of sp³-hybridized carbons (Fsp3) is 0.129. The third-order valence-corrected chi connectivity index (χ3v) is 7.54. The number of rotatable bonds is 7. The zero-order chi connectivity index (χ0) is 26.1. The first-order valence-corrected chi connectivity index (χ1v) is 13.1. The summed E-state index contributed by atoms with van der Waals surface area (Å²) < 4.78 is 13.2. The molecule has 0 bridgehead atoms. The van der Waals surface area contributed by atoms with Gasteiger partial charge in [-0.05, 0) is 57.8 Å². The predicted octanol–water partition coefficient (Wildman–Crippen LogP) is 5.59. The number of hydrogen-bond acceptors (Lipinski definition) is 6. The molecule has 1 atom stereocenters. The number of benzene rings is 4. The second kappa shape index (κ2) is 10.1. The Morgan fingerprint density at radius 3 is 2.42 bits per heavy atom. The SMILES string of the molecule is COc1ccc2cc(C(C)c3nc4s/c(=C\c5ccc(OCc6ccccc6)cc5)c(=O)n4n3)ccc2c1. The number of thiazole rings is 1. The zero-order valence-electron chi connectivity index (χ0n) is 21.0. The van der Waals surface area contributed by atoms with E-state index in [1.165, 1.54) is 15.9 Å². The molecule has 2 heterocycles. The van der Waals surface area contributed by atoms with Crippen LogP contribution in [0.1, 0.15) is 35.4 Å². The van der Waals surface area contributed by atoms with Crippen LogP contribution < -0.4 is 19.6 Å². The summed E-state index contributed by atoms with van der Waals surface area (Å²) in [6.07, 6.45) is 1.87. The molecule has 0 radical (unpaired) electrons. The second-order valence-electron chi connectivity index (χ2n) is 9.12. The number of methoxy groups -OCH3 is 1. The van der Waals surface area contributed by atoms with Crippen LogP contribution in [-0.4, -0.2) is 21.7 Å². The smallest absolute Gasteiger partial charge is 0.291 e. The third kappa shape index (κ3) is 4.76. The van der Waals surface area contributed by atoms with Crippen molar-refractivity contribution in [2.45, 2.75) is 19.4 Å². The Kier molecular flexibility index (Phi) is 6.35. The molecular weight excluding hydrogens is 494 g/mol. The highest BCUT2D eigenvalue weighted by Crippen LogP contribution is 2.28. The molecule has 38 heavy (non-hydrogen) atoms. The minimum Gasteiger partial charge on any atom is -0.497 e. The van der Waals surface area contributed by atoms with E-state index in [2.05, 4.69) is 30.2 Å². The summed E-state index contributed by atoms with van der Waals surface area (Å²) in [5, 5.41) is 6.80. The maximum absolute atomic E-state index is 13.1. The Balaban J connectivity index is 1.21. The predicted molar refractivity (Wildman–Crippen MR) is 151 cm³/mol. The highest BCUT2D eigenvalue weighted by Gasteiger charge is 2.18. The molecule has 0 saturated carbocycles. The van der Waals surface area contributed by atoms with Gasteiger partial charge in [0.2, 0.25) is 4.96 Å². The van der Waals surface area contributed by atoms with Gasteiger partial charge in [0.1, 0.15) is 18.1 Å². The van der Waals surface area contributed by atoms with Gasteiger partial charge in [0.25, 0.3) is 5.56 Å². The van der Waals surface area contributed by atoms with E-state index < -0.39 is 0 Å². The van der Waals surface area contributed by atoms with E-state index in [1.807, 2.05) is 78.9 Å². The van der Waals surface area contributed by atoms with Crippen LogP contribution in [0, 0.1) is 0 Å². The van der Waals surface area contributed by atoms with E-state index in [0.717, 1.165) is 39.0 Å². The van der Waals surface area contributed by atoms with Crippen LogP contribution in [-0.2, 0) is 6.61 Å². The lowest BCUT2D eigenvalue weighted by atomic mass is 9.97. The molecule has 0 amide bonds. The van der Waals surface area contributed by atoms with Crippen molar-refractivity contribution in [3.05, 3.63) is 128 Å². The first-order chi connectivity index (χ1) is 18.6. The molecule has 0 aliphatic heterocycles. The monoisotopic (exact) mass is 519 g/mol. The molecule has 2 aromatic heterocycles. The summed E-state index contributed by atoms with van der Waals surface area (Å²) >= 11 is 1.35. The molecule has 6 nitrogen and oxygen atoms in total. The molecule has 4 aromatic carbocycles. The average molecular weight is 520 g/mol. The fourth-order valence-electron chi connectivity index (χ4n) is 4.37. The highest BCUT2D eigenvalue weighted by atomic mass is 32.1. The Morgan fingerprint density at radius 2 is 1.66 bits per heavy atom. The molecule has 188 valence electrons. The highest BCUT2D eigenvalue weighted by molar-refractivity contribution is 7.15. The van der Waals surface area contributed by atoms with Gasteiger partial charge in [-0.1, -0.05) is 85.0 Å². The van der Waals surface area contributed by atoms with Crippen molar-refractivity contribution in [1.29, 1.82) is 0 Å². The number of hydrogen-bond donors (Lipinski definition) is 0. The van der Waals surface area contributed by atoms with Crippen LogP contribution in [0.15, 0.2) is 95.8 Å². The van der Waals surface area contributed by atoms with Crippen LogP contribution >= 0.6 is 11.3 Å². The molecule has 0 saturated heterocycles. The Morgan fingerprint density at radius 1 is 0.921 bits per heavy atom. The summed E-state index contributed by atoms with van der Waals surface area (Å²) in [5.74, 6) is 2.19. The van der Waals surface area contributed by atoms with E-state index in [0.29, 0.717) is 21.9 Å². The molecule has 0 N–H and O–H groups in total. The van der Waals surface area contributed by atoms with Crippen molar-refractivity contribution < 1.29 is 9.47 Å². The Labute approximate surface area is 223 Å². The van der Waals surface area contributed by atoms with Gasteiger partial charge in [-0.3, -0.25) is 4.79 Å². The number of fused-ring (bicyclic) bond motifs is 2. The topological polar surface area (TPSA) is 65.7 Å². The molecule has 0 aliphatic rings. The average Bonchev–Trinajstić information content (AvgIpc) is 3.51. The van der Waals surface area contributed by atoms with Crippen LogP contribution in [0.2, 0.25) is 0 Å². The van der Waals surface area contributed by atoms with Crippen LogP contribution in [0.3, 0.4) is 0 Å². The normalized spacial score (nSPS) is 12.7. The summed E-state index contributed by atoms with van der Waals surface area (Å²) in [7, 11) is 1.67. The van der Waals surface area contributed by atoms with Gasteiger partial charge in [-0.15, -0.1) is 5.10 Å². The maximum atomic E-state index is 13.1. The first kappa shape index (κ1) is 23.9. The molecule has 0 fully saturated rings. The van der Waals surface area contributed by atoms with Gasteiger partial charge in [0.05, 0.1) is 11.6 Å². The van der Waals surface area contributed by atoms with E-state index in [1.54, 1.807) is 7.11 Å². The molecule has 0 aliphatic carbocycles. The minimum absolute atomic E-state index is 0.0520. The Hall–Kier alpha value is -4.49. The van der Waals surface area contributed by atoms with Gasteiger partial charge >= 0.3 is 0 Å². The van der Waals surface area contributed by atoms with Gasteiger partial charge < -0.3 is 9.47 Å². The zero-order valence-corrected chi connectivity index (χ0v) is 21.8. The van der Waals surface area contributed by atoms with Crippen molar-refractivity contribution in [1.82, 2.24) is 14.6 Å². The molecule has 0 spiro atoms. The van der Waals surface area contributed by atoms with Gasteiger partial charge in [0, 0.05) is 5.92 Å². The van der Waals surface area contributed by atoms with Crippen LogP contribution in [0.25, 0.3) is 21.8 Å². The maximum Gasteiger partial charge on any atom is 0.291 e. The quantitative estimate of drug-likeness (QED) is 0.275. The van der Waals surface area contributed by atoms with Gasteiger partial charge in [-0.25, -0.2) is 4.98 Å². The molecule has 7 heteroatoms. The molecular formula is C31H25N3O3S. The standard InChI is InChI=1S/C31H25N3O3S/c1-20(23-10-11-25-18-27(36-2)15-12-24(25)17-23)29-32-31-34(33-29)30(35)28(38-31)16-21-8-13-26(14-9-21)37-19-22-6-4-3-5-7-22/h3-18,20H,19H2,1-2H3/b28-16-. The lowest BCUT2D eigenvalue weighted by Gasteiger charge is -2.10. The van der Waals surface area contributed by atoms with E-state index >= 15 is 0 Å². The van der Waals surface area contributed by atoms with E-state index in [-0.39, 0.29) is 11.5 Å². The summed E-state index contributed by atoms with van der Waals surface area (Å²) in [5.41, 5.74) is 2.96.